The number of nitrogen functional groups attached to an aromatic ring is 1. The van der Waals surface area contributed by atoms with Gasteiger partial charge >= 0.3 is 0 Å². The zero-order valence-corrected chi connectivity index (χ0v) is 19.6. The molecule has 1 unspecified atom stereocenters. The molecule has 0 aliphatic heterocycles. The van der Waals surface area contributed by atoms with Crippen LogP contribution in [0.2, 0.25) is 0 Å². The molecule has 1 aromatic carbocycles. The van der Waals surface area contributed by atoms with Gasteiger partial charge in [-0.2, -0.15) is 9.61 Å². The predicted octanol–water partition coefficient (Wildman–Crippen LogP) is 3.87. The average molecular weight is 472 g/mol. The Morgan fingerprint density at radius 1 is 1.09 bits per heavy atom. The van der Waals surface area contributed by atoms with Crippen molar-refractivity contribution in [1.29, 1.82) is 0 Å². The van der Waals surface area contributed by atoms with E-state index in [-0.39, 0.29) is 30.0 Å². The van der Waals surface area contributed by atoms with E-state index in [0.29, 0.717) is 16.9 Å². The first-order valence-corrected chi connectivity index (χ1v) is 12.0. The van der Waals surface area contributed by atoms with E-state index in [1.807, 2.05) is 42.5 Å². The highest BCUT2D eigenvalue weighted by Gasteiger charge is 2.31. The molecule has 1 atom stereocenters. The standard InChI is InChI=1S/C27H29N5O3/c1-16(34)24-25(19-9-7-18(8-10-19)23(35)15-33)31-27-21(14-30-32(27)26(24)28)20-11-12-22(29-13-20)17-5-3-2-4-6-17/h2-6,11-14,18-19,23,33,35H,7-10,15,28H2,1H3. The molecule has 1 aliphatic carbocycles. The molecule has 1 aliphatic rings. The molecule has 0 radical (unpaired) electrons. The lowest BCUT2D eigenvalue weighted by Gasteiger charge is -2.31. The number of aromatic nitrogens is 4. The summed E-state index contributed by atoms with van der Waals surface area (Å²) >= 11 is 0. The first-order chi connectivity index (χ1) is 17.0. The molecule has 5 rings (SSSR count). The van der Waals surface area contributed by atoms with Crippen LogP contribution in [0.25, 0.3) is 28.0 Å². The zero-order chi connectivity index (χ0) is 24.5. The van der Waals surface area contributed by atoms with Gasteiger partial charge in [0.25, 0.3) is 0 Å². The van der Waals surface area contributed by atoms with Gasteiger partial charge < -0.3 is 15.9 Å². The average Bonchev–Trinajstić information content (AvgIpc) is 3.33. The number of Topliss-reactive ketones (excluding diaryl/α,β-unsaturated/α-hetero) is 1. The maximum atomic E-state index is 12.6. The van der Waals surface area contributed by atoms with Gasteiger partial charge in [-0.3, -0.25) is 9.78 Å². The number of carbonyl (C=O) groups is 1. The van der Waals surface area contributed by atoms with Crippen molar-refractivity contribution in [3.63, 3.8) is 0 Å². The number of fused-ring (bicyclic) bond motifs is 1. The van der Waals surface area contributed by atoms with Crippen molar-refractivity contribution in [3.05, 3.63) is 66.1 Å². The molecular formula is C27H29N5O3. The summed E-state index contributed by atoms with van der Waals surface area (Å²) in [6, 6.07) is 13.9. The van der Waals surface area contributed by atoms with Crippen LogP contribution in [0.5, 0.6) is 0 Å². The fraction of sp³-hybridized carbons (Fsp3) is 0.333. The van der Waals surface area contributed by atoms with Gasteiger partial charge in [0, 0.05) is 28.8 Å². The number of ketones is 1. The molecule has 8 nitrogen and oxygen atoms in total. The summed E-state index contributed by atoms with van der Waals surface area (Å²) in [7, 11) is 0. The second-order valence-electron chi connectivity index (χ2n) is 9.27. The molecule has 1 saturated carbocycles. The maximum absolute atomic E-state index is 12.6. The van der Waals surface area contributed by atoms with Crippen LogP contribution in [-0.2, 0) is 0 Å². The van der Waals surface area contributed by atoms with Crippen molar-refractivity contribution in [2.75, 3.05) is 12.3 Å². The molecule has 0 bridgehead atoms. The third-order valence-corrected chi connectivity index (χ3v) is 7.10. The normalized spacial score (nSPS) is 19.1. The Hall–Kier alpha value is -3.62. The molecule has 0 saturated heterocycles. The molecule has 0 amide bonds. The molecule has 4 aromatic rings. The minimum atomic E-state index is -0.712. The van der Waals surface area contributed by atoms with Crippen LogP contribution in [0, 0.1) is 5.92 Å². The van der Waals surface area contributed by atoms with Gasteiger partial charge in [0.15, 0.2) is 11.4 Å². The molecule has 180 valence electrons. The van der Waals surface area contributed by atoms with Gasteiger partial charge in [-0.15, -0.1) is 0 Å². The number of benzene rings is 1. The minimum absolute atomic E-state index is 0.0460. The van der Waals surface area contributed by atoms with Crippen molar-refractivity contribution < 1.29 is 15.0 Å². The Morgan fingerprint density at radius 2 is 1.83 bits per heavy atom. The Kier molecular flexibility index (Phi) is 6.32. The molecule has 35 heavy (non-hydrogen) atoms. The second-order valence-corrected chi connectivity index (χ2v) is 9.27. The fourth-order valence-electron chi connectivity index (χ4n) is 5.15. The van der Waals surface area contributed by atoms with E-state index in [1.54, 1.807) is 12.4 Å². The molecule has 3 aromatic heterocycles. The topological polar surface area (TPSA) is 127 Å². The van der Waals surface area contributed by atoms with Gasteiger partial charge in [0.2, 0.25) is 0 Å². The van der Waals surface area contributed by atoms with Crippen molar-refractivity contribution in [2.24, 2.45) is 5.92 Å². The summed E-state index contributed by atoms with van der Waals surface area (Å²) in [6.07, 6.45) is 5.85. The molecule has 0 spiro atoms. The minimum Gasteiger partial charge on any atom is -0.394 e. The summed E-state index contributed by atoms with van der Waals surface area (Å²) < 4.78 is 1.53. The van der Waals surface area contributed by atoms with Crippen LogP contribution in [0.4, 0.5) is 5.82 Å². The summed E-state index contributed by atoms with van der Waals surface area (Å²) in [6.45, 7) is 1.27. The number of nitrogens with two attached hydrogens (primary N) is 1. The number of carbonyl (C=O) groups excluding carboxylic acids is 1. The summed E-state index contributed by atoms with van der Waals surface area (Å²) in [4.78, 5) is 22.2. The first kappa shape index (κ1) is 23.1. The van der Waals surface area contributed by atoms with Crippen LogP contribution < -0.4 is 5.73 Å². The molecular weight excluding hydrogens is 442 g/mol. The Morgan fingerprint density at radius 3 is 2.46 bits per heavy atom. The largest absolute Gasteiger partial charge is 0.394 e. The number of rotatable bonds is 6. The molecule has 3 heterocycles. The smallest absolute Gasteiger partial charge is 0.165 e. The quantitative estimate of drug-likeness (QED) is 0.364. The Labute approximate surface area is 203 Å². The lowest BCUT2D eigenvalue weighted by atomic mass is 9.77. The van der Waals surface area contributed by atoms with Gasteiger partial charge in [-0.1, -0.05) is 36.4 Å². The predicted molar refractivity (Wildman–Crippen MR) is 134 cm³/mol. The summed E-state index contributed by atoms with van der Waals surface area (Å²) in [5.74, 6) is 0.244. The Bertz CT molecular complexity index is 1340. The number of nitrogens with zero attached hydrogens (tertiary/aromatic N) is 4. The monoisotopic (exact) mass is 471 g/mol. The third-order valence-electron chi connectivity index (χ3n) is 7.10. The van der Waals surface area contributed by atoms with Crippen LogP contribution in [-0.4, -0.2) is 48.3 Å². The highest BCUT2D eigenvalue weighted by atomic mass is 16.3. The van der Waals surface area contributed by atoms with Gasteiger partial charge in [0.05, 0.1) is 35.9 Å². The lowest BCUT2D eigenvalue weighted by molar-refractivity contribution is 0.0300. The lowest BCUT2D eigenvalue weighted by Crippen LogP contribution is -2.28. The van der Waals surface area contributed by atoms with E-state index in [2.05, 4.69) is 10.1 Å². The number of hydrogen-bond acceptors (Lipinski definition) is 7. The number of aliphatic hydroxyl groups excluding tert-OH is 2. The van der Waals surface area contributed by atoms with Gasteiger partial charge in [-0.05, 0) is 44.6 Å². The van der Waals surface area contributed by atoms with Crippen molar-refractivity contribution in [3.8, 4) is 22.4 Å². The molecule has 4 N–H and O–H groups in total. The van der Waals surface area contributed by atoms with E-state index >= 15 is 0 Å². The summed E-state index contributed by atoms with van der Waals surface area (Å²) in [5, 5.41) is 23.8. The SMILES string of the molecule is CC(=O)c1c(C2CCC(C(O)CO)CC2)nc2c(-c3ccc(-c4ccccc4)nc3)cnn2c1N. The van der Waals surface area contributed by atoms with Gasteiger partial charge in [0.1, 0.15) is 5.82 Å². The molecule has 8 heteroatoms. The second kappa shape index (κ2) is 9.56. The number of aliphatic hydroxyl groups is 2. The van der Waals surface area contributed by atoms with E-state index in [9.17, 15) is 15.0 Å². The van der Waals surface area contributed by atoms with Crippen molar-refractivity contribution >= 4 is 17.2 Å². The summed E-state index contributed by atoms with van der Waals surface area (Å²) in [5.41, 5.74) is 11.7. The Balaban J connectivity index is 1.53. The first-order valence-electron chi connectivity index (χ1n) is 12.0. The van der Waals surface area contributed by atoms with E-state index in [1.165, 1.54) is 11.4 Å². The van der Waals surface area contributed by atoms with Crippen LogP contribution in [0.15, 0.2) is 54.9 Å². The zero-order valence-electron chi connectivity index (χ0n) is 19.6. The number of pyridine rings is 1. The van der Waals surface area contributed by atoms with Gasteiger partial charge in [-0.25, -0.2) is 4.98 Å². The van der Waals surface area contributed by atoms with E-state index in [0.717, 1.165) is 48.1 Å². The fourth-order valence-corrected chi connectivity index (χ4v) is 5.15. The third kappa shape index (κ3) is 4.31. The van der Waals surface area contributed by atoms with Crippen LogP contribution in [0.1, 0.15) is 54.6 Å². The number of anilines is 1. The number of hydrogen-bond donors (Lipinski definition) is 3. The highest BCUT2D eigenvalue weighted by Crippen LogP contribution is 2.40. The van der Waals surface area contributed by atoms with Crippen LogP contribution >= 0.6 is 0 Å². The maximum Gasteiger partial charge on any atom is 0.165 e. The van der Waals surface area contributed by atoms with E-state index < -0.39 is 6.10 Å². The van der Waals surface area contributed by atoms with Crippen LogP contribution in [0.3, 0.4) is 0 Å². The van der Waals surface area contributed by atoms with Crippen molar-refractivity contribution in [1.82, 2.24) is 19.6 Å². The molecule has 1 fully saturated rings. The van der Waals surface area contributed by atoms with Crippen molar-refractivity contribution in [2.45, 2.75) is 44.6 Å². The highest BCUT2D eigenvalue weighted by molar-refractivity contribution is 6.00. The van der Waals surface area contributed by atoms with E-state index in [4.69, 9.17) is 10.7 Å².